The summed E-state index contributed by atoms with van der Waals surface area (Å²) >= 11 is 0. The van der Waals surface area contributed by atoms with Crippen molar-refractivity contribution in [3.63, 3.8) is 0 Å². The van der Waals surface area contributed by atoms with E-state index in [1.54, 1.807) is 17.9 Å². The third-order valence-electron chi connectivity index (χ3n) is 3.37. The van der Waals surface area contributed by atoms with Gasteiger partial charge < -0.3 is 14.2 Å². The first-order chi connectivity index (χ1) is 9.74. The zero-order valence-corrected chi connectivity index (χ0v) is 11.3. The van der Waals surface area contributed by atoms with Crippen molar-refractivity contribution in [3.8, 4) is 0 Å². The molecule has 1 saturated heterocycles. The molecule has 1 aromatic heterocycles. The van der Waals surface area contributed by atoms with Crippen molar-refractivity contribution in [2.24, 2.45) is 0 Å². The molecule has 0 spiro atoms. The van der Waals surface area contributed by atoms with Crippen molar-refractivity contribution >= 4 is 5.91 Å². The Labute approximate surface area is 117 Å². The number of rotatable bonds is 2. The molecule has 104 valence electrons. The van der Waals surface area contributed by atoms with Crippen LogP contribution in [0.1, 0.15) is 27.9 Å². The number of benzene rings is 1. The van der Waals surface area contributed by atoms with E-state index in [0.29, 0.717) is 31.2 Å². The number of carbonyl (C=O) groups excluding carboxylic acids is 1. The van der Waals surface area contributed by atoms with Crippen molar-refractivity contribution in [3.05, 3.63) is 53.4 Å². The number of hydrogen-bond acceptors (Lipinski definition) is 4. The molecule has 1 aromatic carbocycles. The van der Waals surface area contributed by atoms with Crippen LogP contribution in [-0.2, 0) is 4.74 Å². The monoisotopic (exact) mass is 272 g/mol. The van der Waals surface area contributed by atoms with Gasteiger partial charge >= 0.3 is 0 Å². The maximum Gasteiger partial charge on any atom is 0.276 e. The minimum absolute atomic E-state index is 0.0816. The number of aromatic nitrogens is 1. The lowest BCUT2D eigenvalue weighted by atomic mass is 10.1. The number of carbonyl (C=O) groups is 1. The molecule has 0 aliphatic carbocycles. The van der Waals surface area contributed by atoms with Gasteiger partial charge in [-0.15, -0.1) is 0 Å². The lowest BCUT2D eigenvalue weighted by Crippen LogP contribution is -2.42. The smallest absolute Gasteiger partial charge is 0.276 e. The number of nitrogens with zero attached hydrogens (tertiary/aromatic N) is 2. The largest absolute Gasteiger partial charge is 0.370 e. The highest BCUT2D eigenvalue weighted by Crippen LogP contribution is 2.22. The molecule has 1 aliphatic heterocycles. The Kier molecular flexibility index (Phi) is 3.52. The topological polar surface area (TPSA) is 55.6 Å². The molecule has 0 N–H and O–H groups in total. The van der Waals surface area contributed by atoms with Crippen molar-refractivity contribution < 1.29 is 14.1 Å². The minimum atomic E-state index is -0.105. The predicted octanol–water partition coefficient (Wildman–Crippen LogP) is 2.20. The van der Waals surface area contributed by atoms with E-state index < -0.39 is 0 Å². The number of ether oxygens (including phenoxy) is 1. The van der Waals surface area contributed by atoms with Gasteiger partial charge in [0.05, 0.1) is 13.2 Å². The molecule has 0 unspecified atom stereocenters. The molecule has 5 heteroatoms. The molecule has 5 nitrogen and oxygen atoms in total. The Morgan fingerprint density at radius 1 is 1.35 bits per heavy atom. The lowest BCUT2D eigenvalue weighted by molar-refractivity contribution is -0.0231. The summed E-state index contributed by atoms with van der Waals surface area (Å²) in [5.41, 5.74) is 1.44. The molecule has 1 amide bonds. The molecular weight excluding hydrogens is 256 g/mol. The summed E-state index contributed by atoms with van der Waals surface area (Å²) in [6.07, 6.45) is -0.0816. The van der Waals surface area contributed by atoms with Gasteiger partial charge in [0.1, 0.15) is 11.9 Å². The Bertz CT molecular complexity index is 594. The summed E-state index contributed by atoms with van der Waals surface area (Å²) in [6, 6.07) is 11.6. The van der Waals surface area contributed by atoms with Gasteiger partial charge in [0.15, 0.2) is 5.69 Å². The van der Waals surface area contributed by atoms with Crippen molar-refractivity contribution in [2.75, 3.05) is 19.7 Å². The highest BCUT2D eigenvalue weighted by Gasteiger charge is 2.27. The van der Waals surface area contributed by atoms with Gasteiger partial charge in [-0.2, -0.15) is 0 Å². The first-order valence-electron chi connectivity index (χ1n) is 6.63. The lowest BCUT2D eigenvalue weighted by Gasteiger charge is -2.32. The van der Waals surface area contributed by atoms with Crippen LogP contribution in [-0.4, -0.2) is 35.7 Å². The van der Waals surface area contributed by atoms with Gasteiger partial charge in [0.25, 0.3) is 5.91 Å². The summed E-state index contributed by atoms with van der Waals surface area (Å²) in [5, 5.41) is 3.78. The molecule has 0 bridgehead atoms. The van der Waals surface area contributed by atoms with Crippen molar-refractivity contribution in [1.29, 1.82) is 0 Å². The van der Waals surface area contributed by atoms with Crippen LogP contribution in [0.25, 0.3) is 0 Å². The third kappa shape index (κ3) is 2.58. The molecule has 0 saturated carbocycles. The number of aryl methyl sites for hydroxylation is 1. The number of morpholine rings is 1. The fourth-order valence-electron chi connectivity index (χ4n) is 2.33. The molecule has 1 atom stereocenters. The molecule has 1 fully saturated rings. The first-order valence-corrected chi connectivity index (χ1v) is 6.63. The molecule has 3 rings (SSSR count). The Morgan fingerprint density at radius 3 is 2.85 bits per heavy atom. The normalized spacial score (nSPS) is 19.1. The van der Waals surface area contributed by atoms with Crippen molar-refractivity contribution in [2.45, 2.75) is 13.0 Å². The van der Waals surface area contributed by atoms with Crippen LogP contribution in [0.2, 0.25) is 0 Å². The van der Waals surface area contributed by atoms with Crippen LogP contribution in [0, 0.1) is 6.92 Å². The molecule has 2 heterocycles. The predicted molar refractivity (Wildman–Crippen MR) is 72.3 cm³/mol. The zero-order valence-electron chi connectivity index (χ0n) is 11.3. The average molecular weight is 272 g/mol. The SMILES string of the molecule is Cc1cc(C(=O)N2CCO[C@H](c3ccccc3)C2)no1. The summed E-state index contributed by atoms with van der Waals surface area (Å²) < 4.78 is 10.7. The van der Waals surface area contributed by atoms with Crippen LogP contribution in [0.4, 0.5) is 0 Å². The summed E-state index contributed by atoms with van der Waals surface area (Å²) in [7, 11) is 0. The van der Waals surface area contributed by atoms with E-state index in [9.17, 15) is 4.79 Å². The Morgan fingerprint density at radius 2 is 2.15 bits per heavy atom. The average Bonchev–Trinajstić information content (AvgIpc) is 2.94. The quantitative estimate of drug-likeness (QED) is 0.841. The van der Waals surface area contributed by atoms with Gasteiger partial charge in [-0.25, -0.2) is 0 Å². The molecular formula is C15H16N2O3. The van der Waals surface area contributed by atoms with Crippen LogP contribution in [0.5, 0.6) is 0 Å². The zero-order chi connectivity index (χ0) is 13.9. The standard InChI is InChI=1S/C15H16N2O3/c1-11-9-13(16-20-11)15(18)17-7-8-19-14(10-17)12-5-3-2-4-6-12/h2-6,9,14H,7-8,10H2,1H3/t14-/m0/s1. The van der Waals surface area contributed by atoms with E-state index in [2.05, 4.69) is 5.16 Å². The third-order valence-corrected chi connectivity index (χ3v) is 3.37. The first kappa shape index (κ1) is 12.9. The van der Waals surface area contributed by atoms with E-state index >= 15 is 0 Å². The molecule has 1 aliphatic rings. The molecule has 0 radical (unpaired) electrons. The Balaban J connectivity index is 1.74. The highest BCUT2D eigenvalue weighted by atomic mass is 16.5. The fourth-order valence-corrected chi connectivity index (χ4v) is 2.33. The fraction of sp³-hybridized carbons (Fsp3) is 0.333. The highest BCUT2D eigenvalue weighted by molar-refractivity contribution is 5.92. The van der Waals surface area contributed by atoms with Crippen LogP contribution >= 0.6 is 0 Å². The Hall–Kier alpha value is -2.14. The van der Waals surface area contributed by atoms with Crippen molar-refractivity contribution in [1.82, 2.24) is 10.1 Å². The summed E-state index contributed by atoms with van der Waals surface area (Å²) in [4.78, 5) is 14.1. The molecule has 2 aromatic rings. The summed E-state index contributed by atoms with van der Waals surface area (Å²) in [5.74, 6) is 0.535. The van der Waals surface area contributed by atoms with E-state index in [1.165, 1.54) is 0 Å². The minimum Gasteiger partial charge on any atom is -0.370 e. The van der Waals surface area contributed by atoms with E-state index in [0.717, 1.165) is 5.56 Å². The van der Waals surface area contributed by atoms with E-state index in [-0.39, 0.29) is 12.0 Å². The second-order valence-electron chi connectivity index (χ2n) is 4.84. The van der Waals surface area contributed by atoms with Gasteiger partial charge in [0, 0.05) is 12.6 Å². The number of amides is 1. The van der Waals surface area contributed by atoms with Gasteiger partial charge in [-0.05, 0) is 12.5 Å². The molecule has 20 heavy (non-hydrogen) atoms. The van der Waals surface area contributed by atoms with Gasteiger partial charge in [-0.3, -0.25) is 4.79 Å². The van der Waals surface area contributed by atoms with Gasteiger partial charge in [0.2, 0.25) is 0 Å². The van der Waals surface area contributed by atoms with E-state index in [4.69, 9.17) is 9.26 Å². The van der Waals surface area contributed by atoms with E-state index in [1.807, 2.05) is 30.3 Å². The second kappa shape index (κ2) is 5.46. The number of hydrogen-bond donors (Lipinski definition) is 0. The summed E-state index contributed by atoms with van der Waals surface area (Å²) in [6.45, 7) is 3.42. The maximum absolute atomic E-state index is 12.3. The second-order valence-corrected chi connectivity index (χ2v) is 4.84. The maximum atomic E-state index is 12.3. The van der Waals surface area contributed by atoms with Crippen LogP contribution < -0.4 is 0 Å². The van der Waals surface area contributed by atoms with Gasteiger partial charge in [-0.1, -0.05) is 35.5 Å². The van der Waals surface area contributed by atoms with Crippen LogP contribution in [0.3, 0.4) is 0 Å². The van der Waals surface area contributed by atoms with Crippen LogP contribution in [0.15, 0.2) is 40.9 Å².